The van der Waals surface area contributed by atoms with Gasteiger partial charge in [0.15, 0.2) is 0 Å². The smallest absolute Gasteiger partial charge is 0.410 e. The van der Waals surface area contributed by atoms with Gasteiger partial charge in [0.25, 0.3) is 0 Å². The van der Waals surface area contributed by atoms with Crippen LogP contribution in [0.1, 0.15) is 31.5 Å². The van der Waals surface area contributed by atoms with E-state index in [1.807, 2.05) is 26.0 Å². The van der Waals surface area contributed by atoms with E-state index in [4.69, 9.17) is 14.5 Å². The second kappa shape index (κ2) is 8.51. The van der Waals surface area contributed by atoms with Crippen molar-refractivity contribution in [1.82, 2.24) is 9.88 Å². The fraction of sp³-hybridized carbons (Fsp3) is 0.500. The van der Waals surface area contributed by atoms with E-state index in [-0.39, 0.29) is 6.09 Å². The first-order chi connectivity index (χ1) is 10.7. The normalized spacial score (nSPS) is 14.6. The molecule has 0 fully saturated rings. The largest absolute Gasteiger partial charge is 0.450 e. The molecule has 0 spiro atoms. The molecule has 2 heterocycles. The molecular formula is C16H22N2O4. The molecule has 0 aliphatic carbocycles. The average Bonchev–Trinajstić information content (AvgIpc) is 2.56. The van der Waals surface area contributed by atoms with E-state index >= 15 is 0 Å². The zero-order valence-corrected chi connectivity index (χ0v) is 13.1. The number of nitrogens with zero attached hydrogens (tertiary/aromatic N) is 2. The summed E-state index contributed by atoms with van der Waals surface area (Å²) in [5, 5.41) is 0. The Hall–Kier alpha value is -1.92. The van der Waals surface area contributed by atoms with Crippen molar-refractivity contribution in [2.45, 2.75) is 26.9 Å². The summed E-state index contributed by atoms with van der Waals surface area (Å²) >= 11 is 0. The van der Waals surface area contributed by atoms with Crippen LogP contribution in [0.15, 0.2) is 24.4 Å². The van der Waals surface area contributed by atoms with E-state index in [1.165, 1.54) is 0 Å². The number of amides is 1. The van der Waals surface area contributed by atoms with E-state index < -0.39 is 0 Å². The van der Waals surface area contributed by atoms with Crippen LogP contribution in [0.3, 0.4) is 0 Å². The minimum atomic E-state index is -0.269. The molecule has 22 heavy (non-hydrogen) atoms. The fourth-order valence-corrected chi connectivity index (χ4v) is 2.19. The number of aromatic nitrogens is 1. The highest BCUT2D eigenvalue weighted by Gasteiger charge is 2.20. The Bertz CT molecular complexity index is 513. The molecule has 0 unspecified atom stereocenters. The third kappa shape index (κ3) is 4.54. The van der Waals surface area contributed by atoms with Crippen molar-refractivity contribution < 1.29 is 19.3 Å². The summed E-state index contributed by atoms with van der Waals surface area (Å²) in [5.74, 6) is 0. The van der Waals surface area contributed by atoms with E-state index in [9.17, 15) is 4.79 Å². The van der Waals surface area contributed by atoms with Gasteiger partial charge in [-0.2, -0.15) is 0 Å². The Morgan fingerprint density at radius 1 is 1.27 bits per heavy atom. The van der Waals surface area contributed by atoms with E-state index in [0.29, 0.717) is 32.9 Å². The highest BCUT2D eigenvalue weighted by atomic mass is 17.2. The van der Waals surface area contributed by atoms with Crippen LogP contribution < -0.4 is 0 Å². The van der Waals surface area contributed by atoms with Gasteiger partial charge >= 0.3 is 6.09 Å². The zero-order valence-electron chi connectivity index (χ0n) is 13.1. The summed E-state index contributed by atoms with van der Waals surface area (Å²) in [6.45, 7) is 6.16. The van der Waals surface area contributed by atoms with Gasteiger partial charge in [0.05, 0.1) is 25.5 Å². The lowest BCUT2D eigenvalue weighted by molar-refractivity contribution is -0.300. The quantitative estimate of drug-likeness (QED) is 0.459. The minimum absolute atomic E-state index is 0.269. The van der Waals surface area contributed by atoms with Crippen molar-refractivity contribution in [2.24, 2.45) is 0 Å². The summed E-state index contributed by atoms with van der Waals surface area (Å²) in [6.07, 6.45) is 4.42. The van der Waals surface area contributed by atoms with Crippen molar-refractivity contribution >= 4 is 11.7 Å². The summed E-state index contributed by atoms with van der Waals surface area (Å²) in [7, 11) is 0. The molecule has 1 aromatic rings. The van der Waals surface area contributed by atoms with Gasteiger partial charge in [-0.3, -0.25) is 4.98 Å². The molecule has 0 radical (unpaired) electrons. The first-order valence-corrected chi connectivity index (χ1v) is 7.55. The van der Waals surface area contributed by atoms with Crippen LogP contribution in [-0.2, 0) is 21.1 Å². The molecular weight excluding hydrogens is 284 g/mol. The van der Waals surface area contributed by atoms with Crippen molar-refractivity contribution in [2.75, 3.05) is 26.3 Å². The van der Waals surface area contributed by atoms with Crippen LogP contribution >= 0.6 is 0 Å². The maximum atomic E-state index is 11.8. The lowest BCUT2D eigenvalue weighted by atomic mass is 10.1. The standard InChI is InChI=1S/C16H22N2O4/c1-3-20-16(19)18-9-5-6-14(11-18)15-8-7-13(10-17-15)12-22-21-4-2/h6-8,10H,3-5,9,11-12H2,1-2H3. The Balaban J connectivity index is 1.96. The molecule has 6 heteroatoms. The number of hydrogen-bond donors (Lipinski definition) is 0. The third-order valence-corrected chi connectivity index (χ3v) is 3.26. The highest BCUT2D eigenvalue weighted by Crippen LogP contribution is 2.20. The molecule has 0 aromatic carbocycles. The summed E-state index contributed by atoms with van der Waals surface area (Å²) < 4.78 is 5.05. The van der Waals surface area contributed by atoms with Crippen LogP contribution in [-0.4, -0.2) is 42.3 Å². The lowest BCUT2D eigenvalue weighted by Gasteiger charge is -2.26. The molecule has 1 aliphatic rings. The lowest BCUT2D eigenvalue weighted by Crippen LogP contribution is -2.36. The van der Waals surface area contributed by atoms with Gasteiger partial charge in [0.2, 0.25) is 0 Å². The predicted molar refractivity (Wildman–Crippen MR) is 81.8 cm³/mol. The monoisotopic (exact) mass is 306 g/mol. The second-order valence-electron chi connectivity index (χ2n) is 4.86. The second-order valence-corrected chi connectivity index (χ2v) is 4.86. The van der Waals surface area contributed by atoms with Gasteiger partial charge in [0, 0.05) is 12.7 Å². The van der Waals surface area contributed by atoms with Crippen LogP contribution in [0.4, 0.5) is 4.79 Å². The molecule has 0 saturated heterocycles. The van der Waals surface area contributed by atoms with Gasteiger partial charge in [-0.05, 0) is 37.5 Å². The number of rotatable bonds is 6. The Kier molecular flexibility index (Phi) is 6.36. The van der Waals surface area contributed by atoms with Crippen LogP contribution in [0, 0.1) is 0 Å². The number of hydrogen-bond acceptors (Lipinski definition) is 5. The van der Waals surface area contributed by atoms with E-state index in [2.05, 4.69) is 11.1 Å². The van der Waals surface area contributed by atoms with Gasteiger partial charge in [-0.1, -0.05) is 12.1 Å². The average molecular weight is 306 g/mol. The summed E-state index contributed by atoms with van der Waals surface area (Å²) in [5.41, 5.74) is 2.85. The van der Waals surface area contributed by atoms with Crippen molar-refractivity contribution in [3.8, 4) is 0 Å². The fourth-order valence-electron chi connectivity index (χ4n) is 2.19. The van der Waals surface area contributed by atoms with Gasteiger partial charge < -0.3 is 9.64 Å². The SMILES string of the molecule is CCOOCc1ccc(C2=CCCN(C(=O)OCC)C2)nc1. The Morgan fingerprint density at radius 3 is 2.82 bits per heavy atom. The molecule has 0 N–H and O–H groups in total. The van der Waals surface area contributed by atoms with Gasteiger partial charge in [0.1, 0.15) is 6.61 Å². The summed E-state index contributed by atoms with van der Waals surface area (Å²) in [6, 6.07) is 3.89. The van der Waals surface area contributed by atoms with E-state index in [1.54, 1.807) is 11.1 Å². The molecule has 1 aromatic heterocycles. The molecule has 1 amide bonds. The first kappa shape index (κ1) is 16.5. The minimum Gasteiger partial charge on any atom is -0.450 e. The third-order valence-electron chi connectivity index (χ3n) is 3.26. The first-order valence-electron chi connectivity index (χ1n) is 7.55. The number of ether oxygens (including phenoxy) is 1. The van der Waals surface area contributed by atoms with Crippen LogP contribution in [0.2, 0.25) is 0 Å². The number of carbonyl (C=O) groups excluding carboxylic acids is 1. The Morgan fingerprint density at radius 2 is 2.14 bits per heavy atom. The predicted octanol–water partition coefficient (Wildman–Crippen LogP) is 2.80. The van der Waals surface area contributed by atoms with Gasteiger partial charge in [-0.25, -0.2) is 14.6 Å². The molecule has 0 bridgehead atoms. The zero-order chi connectivity index (χ0) is 15.8. The van der Waals surface area contributed by atoms with E-state index in [0.717, 1.165) is 23.3 Å². The maximum absolute atomic E-state index is 11.8. The molecule has 6 nitrogen and oxygen atoms in total. The highest BCUT2D eigenvalue weighted by molar-refractivity contribution is 5.74. The molecule has 0 saturated carbocycles. The van der Waals surface area contributed by atoms with Crippen LogP contribution in [0.25, 0.3) is 5.57 Å². The topological polar surface area (TPSA) is 60.9 Å². The number of pyridine rings is 1. The van der Waals surface area contributed by atoms with Crippen molar-refractivity contribution in [1.29, 1.82) is 0 Å². The maximum Gasteiger partial charge on any atom is 0.410 e. The molecule has 1 aliphatic heterocycles. The van der Waals surface area contributed by atoms with Gasteiger partial charge in [-0.15, -0.1) is 0 Å². The molecule has 120 valence electrons. The Labute approximate surface area is 130 Å². The van der Waals surface area contributed by atoms with Crippen LogP contribution in [0.5, 0.6) is 0 Å². The van der Waals surface area contributed by atoms with Crippen molar-refractivity contribution in [3.63, 3.8) is 0 Å². The molecule has 2 rings (SSSR count). The summed E-state index contributed by atoms with van der Waals surface area (Å²) in [4.78, 5) is 27.8. The number of carbonyl (C=O) groups is 1. The van der Waals surface area contributed by atoms with Crippen molar-refractivity contribution in [3.05, 3.63) is 35.7 Å². The molecule has 0 atom stereocenters.